The molecule has 38 heavy (non-hydrogen) atoms. The molecular weight excluding hydrogens is 560 g/mol. The molecule has 0 unspecified atom stereocenters. The Kier molecular flexibility index (Phi) is 8.97. The van der Waals surface area contributed by atoms with E-state index in [1.54, 1.807) is 11.3 Å². The molecule has 1 heterocycles. The summed E-state index contributed by atoms with van der Waals surface area (Å²) in [7, 11) is 0. The van der Waals surface area contributed by atoms with Gasteiger partial charge in [-0.3, -0.25) is 0 Å². The Bertz CT molecular complexity index is 1450. The number of hydrogen-bond acceptors (Lipinski definition) is 5. The average Bonchev–Trinajstić information content (AvgIpc) is 3.31. The van der Waals surface area contributed by atoms with Crippen LogP contribution in [0.5, 0.6) is 23.0 Å². The van der Waals surface area contributed by atoms with E-state index in [0.29, 0.717) is 26.4 Å². The molecule has 0 amide bonds. The lowest BCUT2D eigenvalue weighted by molar-refractivity contribution is 0.112. The van der Waals surface area contributed by atoms with Gasteiger partial charge in [0.25, 0.3) is 0 Å². The van der Waals surface area contributed by atoms with Crippen LogP contribution in [0.4, 0.5) is 0 Å². The van der Waals surface area contributed by atoms with Gasteiger partial charge in [-0.05, 0) is 60.5 Å². The smallest absolute Gasteiger partial charge is 0.153 e. The van der Waals surface area contributed by atoms with Gasteiger partial charge < -0.3 is 18.9 Å². The van der Waals surface area contributed by atoms with Crippen LogP contribution in [0.1, 0.15) is 11.1 Å². The third-order valence-corrected chi connectivity index (χ3v) is 7.45. The van der Waals surface area contributed by atoms with Crippen LogP contribution < -0.4 is 14.2 Å². The molecule has 5 aromatic rings. The van der Waals surface area contributed by atoms with Gasteiger partial charge in [0.15, 0.2) is 5.75 Å². The first kappa shape index (κ1) is 26.3. The molecule has 194 valence electrons. The first-order chi connectivity index (χ1) is 18.7. The zero-order chi connectivity index (χ0) is 26.2. The average molecular weight is 590 g/mol. The molecule has 1 aromatic heterocycles. The molecule has 0 fully saturated rings. The first-order valence-corrected chi connectivity index (χ1v) is 14.5. The van der Waals surface area contributed by atoms with Crippen molar-refractivity contribution in [1.29, 1.82) is 0 Å². The van der Waals surface area contributed by atoms with Crippen LogP contribution >= 0.6 is 27.3 Å². The zero-order valence-electron chi connectivity index (χ0n) is 21.2. The van der Waals surface area contributed by atoms with Crippen molar-refractivity contribution in [3.63, 3.8) is 0 Å². The molecule has 5 rings (SSSR count). The fraction of sp³-hybridized carbons (Fsp3) is 0.188. The maximum absolute atomic E-state index is 6.51. The SMILES string of the molecule is Cc1ccc(-c2sc3cc(OCc4ccccc4)ccc3c2Oc2ccc(OCCOCCBr)cc2)cc1. The van der Waals surface area contributed by atoms with Crippen molar-refractivity contribution in [2.75, 3.05) is 25.2 Å². The van der Waals surface area contributed by atoms with Crippen molar-refractivity contribution in [2.45, 2.75) is 13.5 Å². The number of aryl methyl sites for hydroxylation is 1. The predicted molar refractivity (Wildman–Crippen MR) is 159 cm³/mol. The van der Waals surface area contributed by atoms with Gasteiger partial charge in [-0.15, -0.1) is 11.3 Å². The maximum Gasteiger partial charge on any atom is 0.153 e. The summed E-state index contributed by atoms with van der Waals surface area (Å²) in [5.41, 5.74) is 3.49. The highest BCUT2D eigenvalue weighted by Crippen LogP contribution is 2.47. The van der Waals surface area contributed by atoms with Crippen molar-refractivity contribution in [3.05, 3.63) is 108 Å². The minimum Gasteiger partial charge on any atom is -0.491 e. The second-order valence-corrected chi connectivity index (χ2v) is 10.6. The topological polar surface area (TPSA) is 36.9 Å². The van der Waals surface area contributed by atoms with Crippen molar-refractivity contribution in [1.82, 2.24) is 0 Å². The van der Waals surface area contributed by atoms with Gasteiger partial charge in [-0.1, -0.05) is 76.1 Å². The largest absolute Gasteiger partial charge is 0.491 e. The summed E-state index contributed by atoms with van der Waals surface area (Å²) in [6.07, 6.45) is 0. The van der Waals surface area contributed by atoms with E-state index >= 15 is 0 Å². The van der Waals surface area contributed by atoms with Crippen LogP contribution in [0, 0.1) is 6.92 Å². The van der Waals surface area contributed by atoms with Crippen LogP contribution in [0.15, 0.2) is 97.1 Å². The van der Waals surface area contributed by atoms with Gasteiger partial charge in [0.1, 0.15) is 30.5 Å². The summed E-state index contributed by atoms with van der Waals surface area (Å²) in [5, 5.41) is 1.88. The summed E-state index contributed by atoms with van der Waals surface area (Å²) in [4.78, 5) is 1.09. The van der Waals surface area contributed by atoms with Crippen molar-refractivity contribution >= 4 is 37.4 Å². The molecule has 0 saturated heterocycles. The number of ether oxygens (including phenoxy) is 4. The Balaban J connectivity index is 1.38. The Morgan fingerprint density at radius 3 is 2.21 bits per heavy atom. The molecule has 0 saturated carbocycles. The molecule has 0 bridgehead atoms. The summed E-state index contributed by atoms with van der Waals surface area (Å²) in [6, 6.07) is 32.7. The second-order valence-electron chi connectivity index (χ2n) is 8.78. The predicted octanol–water partition coefficient (Wildman–Crippen LogP) is 9.04. The minimum absolute atomic E-state index is 0.509. The maximum atomic E-state index is 6.51. The molecule has 6 heteroatoms. The number of hydrogen-bond donors (Lipinski definition) is 0. The van der Waals surface area contributed by atoms with E-state index in [2.05, 4.69) is 71.4 Å². The number of rotatable bonds is 12. The van der Waals surface area contributed by atoms with E-state index in [1.807, 2.05) is 48.5 Å². The minimum atomic E-state index is 0.509. The Hall–Kier alpha value is -3.32. The Labute approximate surface area is 235 Å². The monoisotopic (exact) mass is 588 g/mol. The van der Waals surface area contributed by atoms with Gasteiger partial charge in [0.05, 0.1) is 18.1 Å². The highest BCUT2D eigenvalue weighted by Gasteiger charge is 2.17. The van der Waals surface area contributed by atoms with Crippen LogP contribution in [0.3, 0.4) is 0 Å². The van der Waals surface area contributed by atoms with E-state index in [0.717, 1.165) is 54.4 Å². The van der Waals surface area contributed by atoms with Crippen LogP contribution in [-0.2, 0) is 11.3 Å². The highest BCUT2D eigenvalue weighted by molar-refractivity contribution is 9.09. The van der Waals surface area contributed by atoms with Crippen LogP contribution in [-0.4, -0.2) is 25.2 Å². The lowest BCUT2D eigenvalue weighted by Crippen LogP contribution is -2.07. The fourth-order valence-corrected chi connectivity index (χ4v) is 5.37. The Morgan fingerprint density at radius 2 is 1.45 bits per heavy atom. The second kappa shape index (κ2) is 13.0. The standard InChI is InChI=1S/C32H29BrO4S/c1-23-7-9-25(10-8-23)32-31(37-27-13-11-26(12-14-27)35-20-19-34-18-17-33)29-16-15-28(21-30(29)38-32)36-22-24-5-3-2-4-6-24/h2-16,21H,17-20,22H2,1H3. The van der Waals surface area contributed by atoms with E-state index in [1.165, 1.54) is 5.56 Å². The molecule has 0 atom stereocenters. The van der Waals surface area contributed by atoms with Gasteiger partial charge >= 0.3 is 0 Å². The number of benzene rings is 4. The molecule has 0 N–H and O–H groups in total. The molecule has 0 aliphatic rings. The molecule has 0 aliphatic carbocycles. The summed E-state index contributed by atoms with van der Waals surface area (Å²) < 4.78 is 24.9. The molecule has 0 spiro atoms. The van der Waals surface area contributed by atoms with Gasteiger partial charge in [-0.25, -0.2) is 0 Å². The van der Waals surface area contributed by atoms with Crippen molar-refractivity contribution in [3.8, 4) is 33.4 Å². The lowest BCUT2D eigenvalue weighted by atomic mass is 10.1. The summed E-state index contributed by atoms with van der Waals surface area (Å²) in [5.74, 6) is 3.23. The summed E-state index contributed by atoms with van der Waals surface area (Å²) >= 11 is 5.06. The normalized spacial score (nSPS) is 11.0. The van der Waals surface area contributed by atoms with E-state index < -0.39 is 0 Å². The van der Waals surface area contributed by atoms with Gasteiger partial charge in [-0.2, -0.15) is 0 Å². The van der Waals surface area contributed by atoms with E-state index in [-0.39, 0.29) is 0 Å². The number of alkyl halides is 1. The number of fused-ring (bicyclic) bond motifs is 1. The zero-order valence-corrected chi connectivity index (χ0v) is 23.6. The quantitative estimate of drug-likeness (QED) is 0.108. The van der Waals surface area contributed by atoms with Gasteiger partial charge in [0.2, 0.25) is 0 Å². The van der Waals surface area contributed by atoms with E-state index in [9.17, 15) is 0 Å². The third-order valence-electron chi connectivity index (χ3n) is 5.94. The van der Waals surface area contributed by atoms with Crippen molar-refractivity contribution in [2.24, 2.45) is 0 Å². The third kappa shape index (κ3) is 6.76. The van der Waals surface area contributed by atoms with E-state index in [4.69, 9.17) is 18.9 Å². The van der Waals surface area contributed by atoms with Gasteiger partial charge in [0, 0.05) is 15.4 Å². The van der Waals surface area contributed by atoms with Crippen LogP contribution in [0.25, 0.3) is 20.5 Å². The molecule has 0 radical (unpaired) electrons. The highest BCUT2D eigenvalue weighted by atomic mass is 79.9. The number of halogens is 1. The van der Waals surface area contributed by atoms with Crippen molar-refractivity contribution < 1.29 is 18.9 Å². The molecule has 4 aromatic carbocycles. The first-order valence-electron chi connectivity index (χ1n) is 12.5. The van der Waals surface area contributed by atoms with Crippen LogP contribution in [0.2, 0.25) is 0 Å². The lowest BCUT2D eigenvalue weighted by Gasteiger charge is -2.11. The Morgan fingerprint density at radius 1 is 0.711 bits per heavy atom. The summed E-state index contributed by atoms with van der Waals surface area (Å²) in [6.45, 7) is 4.37. The molecule has 4 nitrogen and oxygen atoms in total. The molecular formula is C32H29BrO4S. The number of thiophene rings is 1. The molecule has 0 aliphatic heterocycles. The fourth-order valence-electron chi connectivity index (χ4n) is 3.98.